The van der Waals surface area contributed by atoms with Gasteiger partial charge in [0, 0.05) is 5.56 Å². The number of nitrogens with one attached hydrogen (secondary N) is 1. The molecule has 1 aromatic heterocycles. The van der Waals surface area contributed by atoms with Gasteiger partial charge in [-0.1, -0.05) is 17.7 Å². The van der Waals surface area contributed by atoms with Crippen molar-refractivity contribution in [3.05, 3.63) is 50.9 Å². The molecule has 0 amide bonds. The quantitative estimate of drug-likeness (QED) is 0.849. The molecule has 2 aromatic rings. The molecule has 2 rings (SSSR count). The molecule has 0 aliphatic carbocycles. The van der Waals surface area contributed by atoms with Crippen molar-refractivity contribution in [2.75, 3.05) is 0 Å². The normalized spacial score (nSPS) is 11.9. The lowest BCUT2D eigenvalue weighted by atomic mass is 10.1. The summed E-state index contributed by atoms with van der Waals surface area (Å²) in [6.07, 6.45) is -4.56. The third-order valence-electron chi connectivity index (χ3n) is 3.00. The minimum Gasteiger partial charge on any atom is -0.286 e. The Morgan fingerprint density at radius 2 is 1.79 bits per heavy atom. The van der Waals surface area contributed by atoms with Gasteiger partial charge in [-0.05, 0) is 32.4 Å². The Morgan fingerprint density at radius 3 is 2.26 bits per heavy atom. The number of hydrogen-bond donors (Lipinski definition) is 1. The van der Waals surface area contributed by atoms with Crippen molar-refractivity contribution >= 4 is 0 Å². The zero-order chi connectivity index (χ0) is 14.4. The van der Waals surface area contributed by atoms with Gasteiger partial charge in [-0.25, -0.2) is 4.68 Å². The van der Waals surface area contributed by atoms with Crippen molar-refractivity contribution in [2.45, 2.75) is 26.9 Å². The van der Waals surface area contributed by atoms with Crippen LogP contribution in [0.15, 0.2) is 23.0 Å². The minimum atomic E-state index is -4.56. The summed E-state index contributed by atoms with van der Waals surface area (Å²) in [7, 11) is 0. The second-order valence-corrected chi connectivity index (χ2v) is 4.54. The van der Waals surface area contributed by atoms with E-state index in [9.17, 15) is 18.0 Å². The summed E-state index contributed by atoms with van der Waals surface area (Å²) in [5.41, 5.74) is 0.129. The molecule has 1 heterocycles. The minimum absolute atomic E-state index is 0.326. The maximum Gasteiger partial charge on any atom is 0.433 e. The predicted octanol–water partition coefficient (Wildman–Crippen LogP) is 3.11. The van der Waals surface area contributed by atoms with E-state index in [1.807, 2.05) is 13.0 Å². The Labute approximate surface area is 107 Å². The summed E-state index contributed by atoms with van der Waals surface area (Å²) >= 11 is 0. The van der Waals surface area contributed by atoms with Gasteiger partial charge in [-0.15, -0.1) is 0 Å². The fourth-order valence-corrected chi connectivity index (χ4v) is 2.02. The summed E-state index contributed by atoms with van der Waals surface area (Å²) in [6, 6.07) is 5.19. The van der Waals surface area contributed by atoms with Gasteiger partial charge in [0.15, 0.2) is 0 Å². The van der Waals surface area contributed by atoms with E-state index in [2.05, 4.69) is 5.10 Å². The lowest BCUT2D eigenvalue weighted by molar-refractivity contribution is -0.141. The van der Waals surface area contributed by atoms with Gasteiger partial charge in [0.25, 0.3) is 5.56 Å². The Morgan fingerprint density at radius 1 is 1.16 bits per heavy atom. The second-order valence-electron chi connectivity index (χ2n) is 4.54. The zero-order valence-corrected chi connectivity index (χ0v) is 10.7. The highest BCUT2D eigenvalue weighted by Gasteiger charge is 2.36. The number of aromatic nitrogens is 2. The SMILES string of the molecule is Cc1ccc(-n2[nH]c(C(F)(F)F)c(C)c2=O)c(C)c1. The number of benzene rings is 1. The third kappa shape index (κ3) is 2.30. The molecule has 102 valence electrons. The van der Waals surface area contributed by atoms with Crippen LogP contribution in [0.25, 0.3) is 5.69 Å². The molecular formula is C13H13F3N2O. The van der Waals surface area contributed by atoms with Crippen molar-refractivity contribution in [2.24, 2.45) is 0 Å². The first-order valence-electron chi connectivity index (χ1n) is 5.68. The summed E-state index contributed by atoms with van der Waals surface area (Å²) in [5, 5.41) is 2.15. The molecule has 0 saturated carbocycles. The molecule has 3 nitrogen and oxygen atoms in total. The molecule has 1 aromatic carbocycles. The van der Waals surface area contributed by atoms with E-state index in [0.717, 1.165) is 15.8 Å². The number of H-pyrrole nitrogens is 1. The summed E-state index contributed by atoms with van der Waals surface area (Å²) in [4.78, 5) is 11.9. The molecule has 19 heavy (non-hydrogen) atoms. The van der Waals surface area contributed by atoms with Crippen molar-refractivity contribution in [1.29, 1.82) is 0 Å². The van der Waals surface area contributed by atoms with Crippen molar-refractivity contribution in [3.8, 4) is 5.69 Å². The van der Waals surface area contributed by atoms with E-state index in [1.165, 1.54) is 6.92 Å². The number of rotatable bonds is 1. The number of aryl methyl sites for hydroxylation is 2. The predicted molar refractivity (Wildman–Crippen MR) is 65.6 cm³/mol. The maximum absolute atomic E-state index is 12.7. The standard InChI is InChI=1S/C13H13F3N2O/c1-7-4-5-10(8(2)6-7)18-12(19)9(3)11(17-18)13(14,15)16/h4-6,17H,1-3H3. The fourth-order valence-electron chi connectivity index (χ4n) is 2.02. The molecule has 0 saturated heterocycles. The van der Waals surface area contributed by atoms with E-state index in [4.69, 9.17) is 0 Å². The lowest BCUT2D eigenvalue weighted by Crippen LogP contribution is -2.16. The topological polar surface area (TPSA) is 37.8 Å². The van der Waals surface area contributed by atoms with Crippen molar-refractivity contribution < 1.29 is 13.2 Å². The fraction of sp³-hybridized carbons (Fsp3) is 0.308. The third-order valence-corrected chi connectivity index (χ3v) is 3.00. The average molecular weight is 270 g/mol. The Hall–Kier alpha value is -1.98. The van der Waals surface area contributed by atoms with Crippen LogP contribution in [0.4, 0.5) is 13.2 Å². The molecule has 0 aliphatic heterocycles. The summed E-state index contributed by atoms with van der Waals surface area (Å²) in [6.45, 7) is 4.79. The second kappa shape index (κ2) is 4.29. The summed E-state index contributed by atoms with van der Waals surface area (Å²) < 4.78 is 39.2. The van der Waals surface area contributed by atoms with Gasteiger partial charge in [0.1, 0.15) is 5.69 Å². The number of nitrogens with zero attached hydrogens (tertiary/aromatic N) is 1. The zero-order valence-electron chi connectivity index (χ0n) is 10.7. The average Bonchev–Trinajstić information content (AvgIpc) is 2.56. The monoisotopic (exact) mass is 270 g/mol. The van der Waals surface area contributed by atoms with Crippen LogP contribution in [0.1, 0.15) is 22.4 Å². The number of hydrogen-bond acceptors (Lipinski definition) is 1. The van der Waals surface area contributed by atoms with Gasteiger partial charge in [0.2, 0.25) is 0 Å². The molecule has 0 unspecified atom stereocenters. The van der Waals surface area contributed by atoms with E-state index in [-0.39, 0.29) is 5.56 Å². The molecule has 0 spiro atoms. The molecular weight excluding hydrogens is 257 g/mol. The Kier molecular flexibility index (Phi) is 3.04. The largest absolute Gasteiger partial charge is 0.433 e. The van der Waals surface area contributed by atoms with Crippen molar-refractivity contribution in [1.82, 2.24) is 9.78 Å². The van der Waals surface area contributed by atoms with Crippen LogP contribution < -0.4 is 5.56 Å². The van der Waals surface area contributed by atoms with E-state index in [0.29, 0.717) is 5.69 Å². The van der Waals surface area contributed by atoms with Crippen LogP contribution in [0.5, 0.6) is 0 Å². The van der Waals surface area contributed by atoms with Gasteiger partial charge in [0.05, 0.1) is 5.69 Å². The highest BCUT2D eigenvalue weighted by molar-refractivity contribution is 5.42. The highest BCUT2D eigenvalue weighted by atomic mass is 19.4. The van der Waals surface area contributed by atoms with E-state index < -0.39 is 17.4 Å². The van der Waals surface area contributed by atoms with Crippen LogP contribution in [-0.2, 0) is 6.18 Å². The maximum atomic E-state index is 12.7. The van der Waals surface area contributed by atoms with E-state index in [1.54, 1.807) is 19.1 Å². The molecule has 0 fully saturated rings. The Balaban J connectivity index is 2.68. The number of alkyl halides is 3. The molecule has 0 bridgehead atoms. The number of halogens is 3. The molecule has 0 aliphatic rings. The molecule has 0 radical (unpaired) electrons. The first-order chi connectivity index (χ1) is 8.71. The molecule has 6 heteroatoms. The molecule has 0 atom stereocenters. The van der Waals surface area contributed by atoms with Crippen LogP contribution in [0.3, 0.4) is 0 Å². The van der Waals surface area contributed by atoms with Crippen LogP contribution >= 0.6 is 0 Å². The highest BCUT2D eigenvalue weighted by Crippen LogP contribution is 2.29. The van der Waals surface area contributed by atoms with E-state index >= 15 is 0 Å². The van der Waals surface area contributed by atoms with Crippen LogP contribution in [-0.4, -0.2) is 9.78 Å². The van der Waals surface area contributed by atoms with Gasteiger partial charge < -0.3 is 0 Å². The smallest absolute Gasteiger partial charge is 0.286 e. The Bertz CT molecular complexity index is 680. The first kappa shape index (κ1) is 13.5. The van der Waals surface area contributed by atoms with Gasteiger partial charge in [-0.3, -0.25) is 9.89 Å². The van der Waals surface area contributed by atoms with Crippen LogP contribution in [0, 0.1) is 20.8 Å². The van der Waals surface area contributed by atoms with Gasteiger partial charge in [-0.2, -0.15) is 13.2 Å². The number of aromatic amines is 1. The van der Waals surface area contributed by atoms with Crippen molar-refractivity contribution in [3.63, 3.8) is 0 Å². The van der Waals surface area contributed by atoms with Crippen LogP contribution in [0.2, 0.25) is 0 Å². The van der Waals surface area contributed by atoms with Gasteiger partial charge >= 0.3 is 6.18 Å². The molecule has 1 N–H and O–H groups in total. The summed E-state index contributed by atoms with van der Waals surface area (Å²) in [5.74, 6) is 0. The lowest BCUT2D eigenvalue weighted by Gasteiger charge is -2.08. The first-order valence-corrected chi connectivity index (χ1v) is 5.68.